The molecule has 5 aromatic rings. The van der Waals surface area contributed by atoms with Crippen LogP contribution < -0.4 is 56.6 Å². The number of nitrogens with one attached hydrogen (secondary N) is 6. The van der Waals surface area contributed by atoms with Crippen LogP contribution in [0.5, 0.6) is 23.0 Å². The predicted molar refractivity (Wildman–Crippen MR) is 486 cm³/mol. The average molecular weight is 1850 g/mol. The maximum absolute atomic E-state index is 14.7. The number of aliphatic hydroxyl groups excluding tert-OH is 1. The molecular formula is C91H127BrN12O20S2. The second-order valence-corrected chi connectivity index (χ2v) is 39.5. The largest absolute Gasteiger partial charge is 0.496 e. The van der Waals surface area contributed by atoms with Crippen LogP contribution in [0.1, 0.15) is 208 Å². The highest BCUT2D eigenvalue weighted by atomic mass is 79.9. The van der Waals surface area contributed by atoms with Crippen LogP contribution in [-0.4, -0.2) is 213 Å². The fraction of sp³-hybridized carbons (Fsp3) is 0.593. The monoisotopic (exact) mass is 1850 g/mol. The Kier molecular flexibility index (Phi) is 34.3. The number of Topliss-reactive ketones (excluding diaryl/α,β-unsaturated/α-hetero) is 1. The highest BCUT2D eigenvalue weighted by Gasteiger charge is 2.63. The molecule has 4 saturated carbocycles. The summed E-state index contributed by atoms with van der Waals surface area (Å²) in [5, 5.41) is 28.3. The Labute approximate surface area is 755 Å². The van der Waals surface area contributed by atoms with Gasteiger partial charge in [-0.3, -0.25) is 33.6 Å². The number of aliphatic hydroxyl groups is 1. The summed E-state index contributed by atoms with van der Waals surface area (Å²) >= 11 is 9.01. The molecule has 0 spiro atoms. The van der Waals surface area contributed by atoms with Crippen molar-refractivity contribution in [2.75, 3.05) is 52.2 Å². The Morgan fingerprint density at radius 3 is 1.37 bits per heavy atom. The van der Waals surface area contributed by atoms with Crippen LogP contribution >= 0.6 is 39.5 Å². The number of nitrogens with two attached hydrogens (primary N) is 1. The van der Waals surface area contributed by atoms with E-state index in [0.717, 1.165) is 56.9 Å². The Balaban J connectivity index is 0.000000270. The fourth-order valence-corrected chi connectivity index (χ4v) is 16.9. The van der Waals surface area contributed by atoms with Gasteiger partial charge in [-0.2, -0.15) is 0 Å². The molecule has 9 N–H and O–H groups in total. The lowest BCUT2D eigenvalue weighted by Crippen LogP contribution is -2.59. The van der Waals surface area contributed by atoms with Gasteiger partial charge in [-0.1, -0.05) is 111 Å². The number of alkyl halides is 1. The van der Waals surface area contributed by atoms with E-state index in [2.05, 4.69) is 83.2 Å². The van der Waals surface area contributed by atoms with Crippen LogP contribution in [0.2, 0.25) is 0 Å². The molecule has 3 aromatic heterocycles. The number of ketones is 1. The van der Waals surface area contributed by atoms with Crippen molar-refractivity contribution in [1.82, 2.24) is 51.3 Å². The smallest absolute Gasteiger partial charge is 0.408 e. The molecule has 2 aliphatic heterocycles. The van der Waals surface area contributed by atoms with Crippen molar-refractivity contribution in [1.29, 1.82) is 0 Å². The minimum atomic E-state index is -1.31. The zero-order valence-electron chi connectivity index (χ0n) is 76.2. The van der Waals surface area contributed by atoms with Gasteiger partial charge in [0.05, 0.1) is 63.6 Å². The zero-order valence-corrected chi connectivity index (χ0v) is 79.4. The van der Waals surface area contributed by atoms with Crippen molar-refractivity contribution >= 4 is 137 Å². The molecule has 2 aromatic carbocycles. The fourth-order valence-electron chi connectivity index (χ4n) is 15.8. The average Bonchev–Trinajstić information content (AvgIpc) is 1.58. The highest BCUT2D eigenvalue weighted by molar-refractivity contribution is 9.09. The molecule has 126 heavy (non-hydrogen) atoms. The molecule has 4 aliphatic carbocycles. The number of anilines is 1. The lowest BCUT2D eigenvalue weighted by atomic mass is 9.85. The summed E-state index contributed by atoms with van der Waals surface area (Å²) in [6.45, 7) is 37.6. The second-order valence-electron chi connectivity index (χ2n) is 37.7. The van der Waals surface area contributed by atoms with Crippen LogP contribution in [0.4, 0.5) is 14.7 Å². The predicted octanol–water partition coefficient (Wildman–Crippen LogP) is 12.7. The van der Waals surface area contributed by atoms with Crippen molar-refractivity contribution in [3.8, 4) is 34.4 Å². The van der Waals surface area contributed by atoms with Crippen LogP contribution in [0.3, 0.4) is 0 Å². The van der Waals surface area contributed by atoms with Gasteiger partial charge in [0.1, 0.15) is 94.0 Å². The molecular weight excluding hydrogens is 1730 g/mol. The van der Waals surface area contributed by atoms with Crippen molar-refractivity contribution in [3.63, 3.8) is 0 Å². The van der Waals surface area contributed by atoms with Gasteiger partial charge in [0, 0.05) is 83.0 Å². The van der Waals surface area contributed by atoms with Crippen LogP contribution in [-0.2, 0) is 57.3 Å². The first-order valence-corrected chi connectivity index (χ1v) is 44.9. The molecule has 6 fully saturated rings. The quantitative estimate of drug-likeness (QED) is 0.00636. The number of alkyl carbamates (subject to hydrolysis) is 2. The number of likely N-dealkylation sites (tertiary alicyclic amines) is 2. The number of ether oxygens (including phenoxy) is 8. The number of methoxy groups -OCH3 is 4. The van der Waals surface area contributed by atoms with E-state index in [1.807, 2.05) is 109 Å². The zero-order chi connectivity index (χ0) is 93.6. The molecule has 690 valence electrons. The number of rotatable bonds is 26. The SMILES string of the molecule is C=C[C@@H]1C[C@]1(NC(=O)[C@@H]1C[C@@H](Oc2cc(-c3csc(NC(=O)CC(C)(C)C)n3)nc3c(C)c(OC)ccc23)CN1C(=O)[C@@H](NC(=O)OC1CCCC1)C(C)(C)C)C(=O)OC.C=C[C@@H]1C[C@]1(NC(=O)[C@@H]1C[C@@H](Oc2cc(C(=O)CBr)nc3c(C)c(OC)ccc23)CN1C(=O)[C@@H](NC(=O)OC1CCCC1)C(C)(C)C)C(=O)OC.CC(C)(C)CC(=O)NC(N)=S.CC(C)O. The van der Waals surface area contributed by atoms with Gasteiger partial charge < -0.3 is 90.4 Å². The lowest BCUT2D eigenvalue weighted by Gasteiger charge is -2.35. The van der Waals surface area contributed by atoms with E-state index in [9.17, 15) is 52.7 Å². The van der Waals surface area contributed by atoms with Gasteiger partial charge in [-0.25, -0.2) is 34.1 Å². The molecule has 2 saturated heterocycles. The molecule has 5 heterocycles. The number of esters is 2. The first-order valence-electron chi connectivity index (χ1n) is 42.5. The molecule has 0 unspecified atom stereocenters. The number of fused-ring (bicyclic) bond motifs is 2. The minimum absolute atomic E-state index is 0.0190. The van der Waals surface area contributed by atoms with Gasteiger partial charge >= 0.3 is 24.1 Å². The van der Waals surface area contributed by atoms with E-state index >= 15 is 0 Å². The highest BCUT2D eigenvalue weighted by Crippen LogP contribution is 2.48. The minimum Gasteiger partial charge on any atom is -0.496 e. The summed E-state index contributed by atoms with van der Waals surface area (Å²) in [6, 6.07) is 6.25. The van der Waals surface area contributed by atoms with E-state index in [1.54, 1.807) is 69.9 Å². The van der Waals surface area contributed by atoms with Crippen molar-refractivity contribution in [2.45, 2.75) is 266 Å². The number of hydrogen-bond donors (Lipinski definition) is 8. The number of aromatic nitrogens is 3. The summed E-state index contributed by atoms with van der Waals surface area (Å²) in [6.07, 6.45) is 8.17. The van der Waals surface area contributed by atoms with Crippen molar-refractivity contribution in [3.05, 3.63) is 83.9 Å². The van der Waals surface area contributed by atoms with Gasteiger partial charge in [-0.05, 0) is 150 Å². The van der Waals surface area contributed by atoms with Gasteiger partial charge in [-0.15, -0.1) is 24.5 Å². The van der Waals surface area contributed by atoms with Gasteiger partial charge in [0.2, 0.25) is 35.4 Å². The number of thiazole rings is 1. The standard InChI is InChI=1S/C44H58N6O9S.C37H47BrN4O9.C7H14N2OS.C3H8O/c1-11-25-20-44(25,39(54)57-10)49-37(52)31-18-27(22-50(31)38(53)36(43(6,7)8)48-41(55)59-26-14-12-13-15-26)58-33-19-29(45-35-24(2)32(56-9)17-16-28(33)35)30-23-60-40(46-30)47-34(51)21-42(3,4)5;1-8-21-17-37(21,34(46)49-7)41-32(44)26-15-23(19-42(26)33(45)31(36(3,4)5)40-35(47)51-22-11-9-10-12-22)50-29-16-25(27(43)18-38)39-30-20(2)28(48-6)14-13-24(29)30;1-7(2,3)4-5(10)9-6(8)11;1-3(2)4/h11,16-17,19,23,25-27,31,36H,1,12-15,18,20-22H2,2-10H3,(H,48,55)(H,49,52)(H,46,47,51);8,13-14,16,21-23,26,31H,1,9-12,15,17-19H2,2-7H3,(H,40,47)(H,41,44);4H2,1-3H3,(H3,8,9,10,11);3-4H,1-2H3/t25-,27-,31+,36-,44-;21-,23-,26+,31-,37-;;/m11../s1. The molecule has 0 radical (unpaired) electrons. The van der Waals surface area contributed by atoms with Crippen LogP contribution in [0.15, 0.2) is 67.1 Å². The lowest BCUT2D eigenvalue weighted by molar-refractivity contribution is -0.149. The Hall–Kier alpha value is -10.1. The molecule has 10 atom stereocenters. The summed E-state index contributed by atoms with van der Waals surface area (Å²) < 4.78 is 45.9. The summed E-state index contributed by atoms with van der Waals surface area (Å²) in [4.78, 5) is 164. The van der Waals surface area contributed by atoms with E-state index in [4.69, 9.17) is 53.7 Å². The number of halogens is 1. The maximum Gasteiger partial charge on any atom is 0.408 e. The number of pyridine rings is 2. The molecule has 0 bridgehead atoms. The number of aryl methyl sites for hydroxylation is 2. The Morgan fingerprint density at radius 1 is 0.603 bits per heavy atom. The second kappa shape index (κ2) is 42.7. The number of carbonyl (C=O) groups excluding carboxylic acids is 11. The van der Waals surface area contributed by atoms with Gasteiger partial charge in [0.15, 0.2) is 16.0 Å². The molecule has 11 rings (SSSR count). The number of amides is 8. The van der Waals surface area contributed by atoms with Crippen molar-refractivity contribution < 1.29 is 95.7 Å². The molecule has 32 nitrogen and oxygen atoms in total. The number of hydrogen-bond acceptors (Lipinski definition) is 25. The molecule has 35 heteroatoms. The third-order valence-corrected chi connectivity index (χ3v) is 23.7. The number of benzene rings is 2. The van der Waals surface area contributed by atoms with Crippen LogP contribution in [0.25, 0.3) is 33.2 Å². The van der Waals surface area contributed by atoms with E-state index in [1.165, 1.54) is 35.4 Å². The summed E-state index contributed by atoms with van der Waals surface area (Å²) in [5.74, 6) is -2.57. The van der Waals surface area contributed by atoms with E-state index < -0.39 is 106 Å². The number of nitrogens with zero attached hydrogens (tertiary/aromatic N) is 5. The normalized spacial score (nSPS) is 21.4. The van der Waals surface area contributed by atoms with E-state index in [-0.39, 0.29) is 101 Å². The maximum atomic E-state index is 14.7. The Bertz CT molecular complexity index is 4860. The van der Waals surface area contributed by atoms with Crippen LogP contribution in [0, 0.1) is 47.3 Å². The first kappa shape index (κ1) is 101. The third kappa shape index (κ3) is 26.3. The number of thiocarbonyl (C=S) groups is 1. The van der Waals surface area contributed by atoms with Crippen molar-refractivity contribution in [2.24, 2.45) is 39.2 Å². The Morgan fingerprint density at radius 2 is 1.01 bits per heavy atom. The topological polar surface area (TPSA) is 425 Å². The summed E-state index contributed by atoms with van der Waals surface area (Å²) in [7, 11) is 5.63. The van der Waals surface area contributed by atoms with E-state index in [0.29, 0.717) is 92.6 Å². The van der Waals surface area contributed by atoms with Gasteiger partial charge in [0.25, 0.3) is 0 Å². The summed E-state index contributed by atoms with van der Waals surface area (Å²) in [5.41, 5.74) is 4.47. The third-order valence-electron chi connectivity index (χ3n) is 22.4. The first-order chi connectivity index (χ1) is 59.0. The number of carbonyl (C=O) groups is 11. The molecule has 8 amide bonds. The molecule has 6 aliphatic rings.